The van der Waals surface area contributed by atoms with E-state index in [4.69, 9.17) is 9.84 Å². The standard InChI is InChI=1S/C13H12O3S/c1-8-3-4-10(9(2)7-8)16-12-6-5-11(17-12)13(14)15/h3-7H,1-2H3,(H,14,15). The van der Waals surface area contributed by atoms with Crippen molar-refractivity contribution in [2.24, 2.45) is 0 Å². The first-order chi connectivity index (χ1) is 8.06. The highest BCUT2D eigenvalue weighted by atomic mass is 32.1. The lowest BCUT2D eigenvalue weighted by Gasteiger charge is -2.06. The van der Waals surface area contributed by atoms with Crippen LogP contribution in [0.2, 0.25) is 0 Å². The van der Waals surface area contributed by atoms with E-state index in [1.165, 1.54) is 5.56 Å². The van der Waals surface area contributed by atoms with Crippen molar-refractivity contribution in [2.75, 3.05) is 0 Å². The maximum absolute atomic E-state index is 10.7. The second kappa shape index (κ2) is 4.59. The molecular weight excluding hydrogens is 236 g/mol. The minimum atomic E-state index is -0.925. The van der Waals surface area contributed by atoms with Crippen LogP contribution in [0.15, 0.2) is 30.3 Å². The third-order valence-electron chi connectivity index (χ3n) is 2.33. The van der Waals surface area contributed by atoms with Gasteiger partial charge in [-0.25, -0.2) is 4.79 Å². The number of hydrogen-bond acceptors (Lipinski definition) is 3. The summed E-state index contributed by atoms with van der Waals surface area (Å²) < 4.78 is 5.65. The number of carboxylic acid groups (broad SMARTS) is 1. The van der Waals surface area contributed by atoms with Crippen molar-refractivity contribution in [3.05, 3.63) is 46.3 Å². The molecule has 2 aromatic rings. The molecule has 4 heteroatoms. The molecule has 0 unspecified atom stereocenters. The number of carboxylic acids is 1. The zero-order chi connectivity index (χ0) is 12.4. The van der Waals surface area contributed by atoms with Gasteiger partial charge in [-0.2, -0.15) is 0 Å². The predicted molar refractivity (Wildman–Crippen MR) is 67.3 cm³/mol. The van der Waals surface area contributed by atoms with Crippen molar-refractivity contribution in [2.45, 2.75) is 13.8 Å². The Balaban J connectivity index is 2.22. The average Bonchev–Trinajstić information content (AvgIpc) is 2.71. The largest absolute Gasteiger partial charge is 0.477 e. The van der Waals surface area contributed by atoms with E-state index < -0.39 is 5.97 Å². The number of aryl methyl sites for hydroxylation is 2. The van der Waals surface area contributed by atoms with Gasteiger partial charge in [-0.15, -0.1) is 0 Å². The summed E-state index contributed by atoms with van der Waals surface area (Å²) in [6.07, 6.45) is 0. The number of rotatable bonds is 3. The van der Waals surface area contributed by atoms with Gasteiger partial charge >= 0.3 is 5.97 Å². The number of thiophene rings is 1. The van der Waals surface area contributed by atoms with E-state index in [1.54, 1.807) is 12.1 Å². The predicted octanol–water partition coefficient (Wildman–Crippen LogP) is 3.86. The minimum absolute atomic E-state index is 0.282. The lowest BCUT2D eigenvalue weighted by molar-refractivity contribution is 0.0702. The van der Waals surface area contributed by atoms with Crippen molar-refractivity contribution < 1.29 is 14.6 Å². The molecule has 2 rings (SSSR count). The Hall–Kier alpha value is -1.81. The summed E-state index contributed by atoms with van der Waals surface area (Å²) in [5, 5.41) is 9.40. The summed E-state index contributed by atoms with van der Waals surface area (Å²) in [4.78, 5) is 11.0. The number of benzene rings is 1. The molecule has 0 aliphatic rings. The first-order valence-electron chi connectivity index (χ1n) is 5.14. The van der Waals surface area contributed by atoms with E-state index in [0.29, 0.717) is 5.06 Å². The Morgan fingerprint density at radius 1 is 1.24 bits per heavy atom. The van der Waals surface area contributed by atoms with Gasteiger partial charge in [-0.1, -0.05) is 29.0 Å². The quantitative estimate of drug-likeness (QED) is 0.897. The fourth-order valence-corrected chi connectivity index (χ4v) is 2.22. The molecule has 0 radical (unpaired) electrons. The van der Waals surface area contributed by atoms with Crippen molar-refractivity contribution >= 4 is 17.3 Å². The molecule has 0 amide bonds. The van der Waals surface area contributed by atoms with Gasteiger partial charge in [0.15, 0.2) is 5.06 Å². The van der Waals surface area contributed by atoms with E-state index in [-0.39, 0.29) is 4.88 Å². The summed E-state index contributed by atoms with van der Waals surface area (Å²) in [5.74, 6) is -0.167. The second-order valence-corrected chi connectivity index (χ2v) is 4.84. The van der Waals surface area contributed by atoms with E-state index in [0.717, 1.165) is 22.6 Å². The molecule has 0 fully saturated rings. The third kappa shape index (κ3) is 2.65. The Labute approximate surface area is 103 Å². The zero-order valence-electron chi connectivity index (χ0n) is 9.56. The van der Waals surface area contributed by atoms with Crippen LogP contribution in [0.25, 0.3) is 0 Å². The monoisotopic (exact) mass is 248 g/mol. The Kier molecular flexibility index (Phi) is 3.15. The molecular formula is C13H12O3S. The molecule has 0 aliphatic heterocycles. The van der Waals surface area contributed by atoms with Crippen molar-refractivity contribution in [1.82, 2.24) is 0 Å². The van der Waals surface area contributed by atoms with Gasteiger partial charge < -0.3 is 9.84 Å². The van der Waals surface area contributed by atoms with Gasteiger partial charge in [0.2, 0.25) is 0 Å². The number of aromatic carboxylic acids is 1. The Bertz CT molecular complexity index is 558. The summed E-state index contributed by atoms with van der Waals surface area (Å²) in [5.41, 5.74) is 2.21. The fourth-order valence-electron chi connectivity index (χ4n) is 1.51. The van der Waals surface area contributed by atoms with Crippen LogP contribution in [-0.4, -0.2) is 11.1 Å². The summed E-state index contributed by atoms with van der Waals surface area (Å²) in [6, 6.07) is 9.11. The van der Waals surface area contributed by atoms with Gasteiger partial charge in [-0.3, -0.25) is 0 Å². The number of hydrogen-bond donors (Lipinski definition) is 1. The van der Waals surface area contributed by atoms with Crippen LogP contribution >= 0.6 is 11.3 Å². The molecule has 3 nitrogen and oxygen atoms in total. The molecule has 0 aliphatic carbocycles. The van der Waals surface area contributed by atoms with Crippen LogP contribution in [0.5, 0.6) is 10.8 Å². The van der Waals surface area contributed by atoms with Crippen molar-refractivity contribution in [3.8, 4) is 10.8 Å². The minimum Gasteiger partial charge on any atom is -0.477 e. The maximum Gasteiger partial charge on any atom is 0.345 e. The smallest absolute Gasteiger partial charge is 0.345 e. The average molecular weight is 248 g/mol. The normalized spacial score (nSPS) is 10.2. The molecule has 0 saturated heterocycles. The molecule has 17 heavy (non-hydrogen) atoms. The maximum atomic E-state index is 10.7. The molecule has 0 atom stereocenters. The summed E-state index contributed by atoms with van der Waals surface area (Å²) in [7, 11) is 0. The van der Waals surface area contributed by atoms with Crippen LogP contribution < -0.4 is 4.74 Å². The van der Waals surface area contributed by atoms with E-state index in [1.807, 2.05) is 32.0 Å². The molecule has 0 spiro atoms. The Morgan fingerprint density at radius 2 is 2.00 bits per heavy atom. The van der Waals surface area contributed by atoms with Crippen LogP contribution in [0, 0.1) is 13.8 Å². The lowest BCUT2D eigenvalue weighted by atomic mass is 10.1. The first kappa shape index (κ1) is 11.7. The van der Waals surface area contributed by atoms with Gasteiger partial charge in [-0.05, 0) is 37.6 Å². The molecule has 88 valence electrons. The van der Waals surface area contributed by atoms with Crippen LogP contribution in [0.4, 0.5) is 0 Å². The molecule has 1 aromatic heterocycles. The number of carbonyl (C=O) groups is 1. The van der Waals surface area contributed by atoms with Gasteiger partial charge in [0, 0.05) is 0 Å². The highest BCUT2D eigenvalue weighted by Crippen LogP contribution is 2.31. The third-order valence-corrected chi connectivity index (χ3v) is 3.28. The molecule has 0 bridgehead atoms. The highest BCUT2D eigenvalue weighted by molar-refractivity contribution is 7.15. The van der Waals surface area contributed by atoms with Gasteiger partial charge in [0.05, 0.1) is 0 Å². The van der Waals surface area contributed by atoms with Crippen LogP contribution in [0.1, 0.15) is 20.8 Å². The van der Waals surface area contributed by atoms with E-state index >= 15 is 0 Å². The second-order valence-electron chi connectivity index (χ2n) is 3.79. The zero-order valence-corrected chi connectivity index (χ0v) is 10.4. The van der Waals surface area contributed by atoms with Crippen LogP contribution in [-0.2, 0) is 0 Å². The van der Waals surface area contributed by atoms with Crippen molar-refractivity contribution in [3.63, 3.8) is 0 Å². The van der Waals surface area contributed by atoms with Crippen molar-refractivity contribution in [1.29, 1.82) is 0 Å². The van der Waals surface area contributed by atoms with Gasteiger partial charge in [0.25, 0.3) is 0 Å². The van der Waals surface area contributed by atoms with E-state index in [2.05, 4.69) is 0 Å². The molecule has 1 aromatic carbocycles. The van der Waals surface area contributed by atoms with Crippen LogP contribution in [0.3, 0.4) is 0 Å². The SMILES string of the molecule is Cc1ccc(Oc2ccc(C(=O)O)s2)c(C)c1. The topological polar surface area (TPSA) is 46.5 Å². The molecule has 1 N–H and O–H groups in total. The number of ether oxygens (including phenoxy) is 1. The lowest BCUT2D eigenvalue weighted by Crippen LogP contribution is -1.89. The summed E-state index contributed by atoms with van der Waals surface area (Å²) >= 11 is 1.13. The molecule has 1 heterocycles. The highest BCUT2D eigenvalue weighted by Gasteiger charge is 2.09. The molecule has 0 saturated carbocycles. The van der Waals surface area contributed by atoms with E-state index in [9.17, 15) is 4.79 Å². The fraction of sp³-hybridized carbons (Fsp3) is 0.154. The van der Waals surface area contributed by atoms with Gasteiger partial charge in [0.1, 0.15) is 10.6 Å². The first-order valence-corrected chi connectivity index (χ1v) is 5.96. The Morgan fingerprint density at radius 3 is 2.59 bits per heavy atom. The summed E-state index contributed by atoms with van der Waals surface area (Å²) in [6.45, 7) is 3.98.